The predicted molar refractivity (Wildman–Crippen MR) is 81.8 cm³/mol. The van der Waals surface area contributed by atoms with Crippen molar-refractivity contribution in [3.63, 3.8) is 0 Å². The van der Waals surface area contributed by atoms with Crippen molar-refractivity contribution in [3.8, 4) is 0 Å². The van der Waals surface area contributed by atoms with Crippen LogP contribution in [0.4, 0.5) is 0 Å². The average molecular weight is 314 g/mol. The zero-order chi connectivity index (χ0) is 14.9. The van der Waals surface area contributed by atoms with Crippen LogP contribution in [0.5, 0.6) is 0 Å². The third kappa shape index (κ3) is 3.77. The van der Waals surface area contributed by atoms with Crippen LogP contribution >= 0.6 is 0 Å². The van der Waals surface area contributed by atoms with Gasteiger partial charge in [0.2, 0.25) is 5.91 Å². The monoisotopic (exact) mass is 314 g/mol. The summed E-state index contributed by atoms with van der Waals surface area (Å²) in [6, 6.07) is 0.786. The number of rotatable bonds is 3. The lowest BCUT2D eigenvalue weighted by Crippen LogP contribution is -2.50. The molecule has 0 atom stereocenters. The first-order valence-electron chi connectivity index (χ1n) is 8.29. The lowest BCUT2D eigenvalue weighted by molar-refractivity contribution is -0.139. The minimum Gasteiger partial charge on any atom is -0.342 e. The zero-order valence-electron chi connectivity index (χ0n) is 12.6. The molecule has 6 heteroatoms. The summed E-state index contributed by atoms with van der Waals surface area (Å²) in [6.45, 7) is 1.72. The van der Waals surface area contributed by atoms with E-state index in [0.717, 1.165) is 51.6 Å². The summed E-state index contributed by atoms with van der Waals surface area (Å²) in [7, 11) is -2.78. The van der Waals surface area contributed by atoms with Gasteiger partial charge in [0.05, 0.1) is 11.5 Å². The van der Waals surface area contributed by atoms with Crippen LogP contribution in [0, 0.1) is 5.92 Å². The second-order valence-corrected chi connectivity index (χ2v) is 9.12. The Morgan fingerprint density at radius 1 is 0.905 bits per heavy atom. The number of nitrogens with zero attached hydrogens (tertiary/aromatic N) is 1. The van der Waals surface area contributed by atoms with Crippen molar-refractivity contribution < 1.29 is 13.2 Å². The lowest BCUT2D eigenvalue weighted by Gasteiger charge is -2.38. The summed E-state index contributed by atoms with van der Waals surface area (Å²) in [5.74, 6) is 1.31. The van der Waals surface area contributed by atoms with E-state index in [0.29, 0.717) is 35.4 Å². The third-order valence-corrected chi connectivity index (χ3v) is 7.00. The molecule has 0 radical (unpaired) electrons. The topological polar surface area (TPSA) is 66.5 Å². The molecule has 0 spiro atoms. The minimum absolute atomic E-state index is 0.304. The van der Waals surface area contributed by atoms with Gasteiger partial charge in [0, 0.05) is 31.1 Å². The first-order valence-corrected chi connectivity index (χ1v) is 10.1. The van der Waals surface area contributed by atoms with E-state index < -0.39 is 9.84 Å². The summed E-state index contributed by atoms with van der Waals surface area (Å²) in [5, 5.41) is 3.61. The van der Waals surface area contributed by atoms with Gasteiger partial charge in [0.15, 0.2) is 0 Å². The number of amides is 1. The van der Waals surface area contributed by atoms with Gasteiger partial charge in [-0.1, -0.05) is 6.42 Å². The van der Waals surface area contributed by atoms with E-state index in [2.05, 4.69) is 5.32 Å². The van der Waals surface area contributed by atoms with Crippen LogP contribution in [0.25, 0.3) is 0 Å². The number of sulfone groups is 1. The number of carbonyl (C=O) groups excluding carboxylic acids is 1. The molecule has 1 saturated carbocycles. The minimum atomic E-state index is -2.78. The van der Waals surface area contributed by atoms with Gasteiger partial charge in [0.25, 0.3) is 0 Å². The van der Waals surface area contributed by atoms with E-state index in [1.54, 1.807) is 0 Å². The second-order valence-electron chi connectivity index (χ2n) is 6.82. The predicted octanol–water partition coefficient (Wildman–Crippen LogP) is 0.944. The quantitative estimate of drug-likeness (QED) is 0.842. The first kappa shape index (κ1) is 15.3. The highest BCUT2D eigenvalue weighted by Crippen LogP contribution is 2.29. The highest BCUT2D eigenvalue weighted by atomic mass is 32.2. The van der Waals surface area contributed by atoms with Crippen molar-refractivity contribution in [1.82, 2.24) is 10.2 Å². The summed E-state index contributed by atoms with van der Waals surface area (Å²) >= 11 is 0. The summed E-state index contributed by atoms with van der Waals surface area (Å²) < 4.78 is 22.9. The Labute approximate surface area is 127 Å². The molecule has 120 valence electrons. The Hall–Kier alpha value is -0.620. The van der Waals surface area contributed by atoms with Gasteiger partial charge < -0.3 is 10.2 Å². The number of carbonyl (C=O) groups is 1. The Morgan fingerprint density at radius 2 is 1.48 bits per heavy atom. The molecule has 0 aromatic carbocycles. The molecule has 3 aliphatic rings. The Morgan fingerprint density at radius 3 is 2.00 bits per heavy atom. The molecule has 1 aliphatic carbocycles. The maximum absolute atomic E-state index is 12.2. The van der Waals surface area contributed by atoms with Gasteiger partial charge >= 0.3 is 0 Å². The van der Waals surface area contributed by atoms with Crippen molar-refractivity contribution >= 4 is 15.7 Å². The van der Waals surface area contributed by atoms with E-state index in [1.165, 1.54) is 6.42 Å². The van der Waals surface area contributed by atoms with Crippen LogP contribution in [0.1, 0.15) is 44.9 Å². The molecule has 2 heterocycles. The fourth-order valence-corrected chi connectivity index (χ4v) is 5.06. The Bertz CT molecular complexity index is 465. The molecule has 3 rings (SSSR count). The first-order chi connectivity index (χ1) is 10.0. The largest absolute Gasteiger partial charge is 0.342 e. The van der Waals surface area contributed by atoms with Crippen molar-refractivity contribution in [2.45, 2.75) is 57.0 Å². The highest BCUT2D eigenvalue weighted by Gasteiger charge is 2.32. The number of likely N-dealkylation sites (tertiary alicyclic amines) is 1. The maximum Gasteiger partial charge on any atom is 0.225 e. The van der Waals surface area contributed by atoms with Gasteiger partial charge in [-0.25, -0.2) is 8.42 Å². The van der Waals surface area contributed by atoms with Gasteiger partial charge in [0.1, 0.15) is 9.84 Å². The molecule has 0 aromatic rings. The molecule has 0 bridgehead atoms. The van der Waals surface area contributed by atoms with Crippen LogP contribution in [0.2, 0.25) is 0 Å². The molecule has 1 amide bonds. The fraction of sp³-hybridized carbons (Fsp3) is 0.933. The Kier molecular flexibility index (Phi) is 4.54. The average Bonchev–Trinajstić information content (AvgIpc) is 2.40. The van der Waals surface area contributed by atoms with Crippen LogP contribution < -0.4 is 5.32 Å². The third-order valence-electron chi connectivity index (χ3n) is 5.29. The van der Waals surface area contributed by atoms with E-state index in [-0.39, 0.29) is 0 Å². The molecule has 5 nitrogen and oxygen atoms in total. The van der Waals surface area contributed by atoms with Gasteiger partial charge in [-0.15, -0.1) is 0 Å². The summed E-state index contributed by atoms with van der Waals surface area (Å²) in [6.07, 6.45) is 6.84. The fourth-order valence-electron chi connectivity index (χ4n) is 3.57. The van der Waals surface area contributed by atoms with Crippen molar-refractivity contribution in [1.29, 1.82) is 0 Å². The van der Waals surface area contributed by atoms with Crippen LogP contribution in [-0.4, -0.2) is 55.9 Å². The van der Waals surface area contributed by atoms with E-state index in [9.17, 15) is 13.2 Å². The second kappa shape index (κ2) is 6.24. The molecule has 0 aromatic heterocycles. The number of nitrogens with one attached hydrogen (secondary N) is 1. The molecule has 2 aliphatic heterocycles. The van der Waals surface area contributed by atoms with Crippen LogP contribution in [0.15, 0.2) is 0 Å². The SMILES string of the molecule is O=C(C1CCC1)N1CCC(NC2CCS(=O)(=O)CC2)CC1. The lowest BCUT2D eigenvalue weighted by atomic mass is 9.84. The standard InChI is InChI=1S/C15H26N2O3S/c18-15(12-2-1-3-12)17-8-4-13(5-9-17)16-14-6-10-21(19,20)11-7-14/h12-14,16H,1-11H2. The number of hydrogen-bond acceptors (Lipinski definition) is 4. The normalized spacial score (nSPS) is 28.3. The van der Waals surface area contributed by atoms with Crippen molar-refractivity contribution in [2.24, 2.45) is 5.92 Å². The summed E-state index contributed by atoms with van der Waals surface area (Å²) in [5.41, 5.74) is 0. The van der Waals surface area contributed by atoms with Gasteiger partial charge in [-0.2, -0.15) is 0 Å². The molecular weight excluding hydrogens is 288 g/mol. The maximum atomic E-state index is 12.2. The molecule has 1 N–H and O–H groups in total. The molecule has 0 unspecified atom stereocenters. The molecule has 2 saturated heterocycles. The van der Waals surface area contributed by atoms with Crippen LogP contribution in [0.3, 0.4) is 0 Å². The van der Waals surface area contributed by atoms with Gasteiger partial charge in [-0.3, -0.25) is 4.79 Å². The Balaban J connectivity index is 1.40. The van der Waals surface area contributed by atoms with E-state index in [1.807, 2.05) is 4.90 Å². The smallest absolute Gasteiger partial charge is 0.225 e. The highest BCUT2D eigenvalue weighted by molar-refractivity contribution is 7.91. The van der Waals surface area contributed by atoms with Crippen molar-refractivity contribution in [3.05, 3.63) is 0 Å². The van der Waals surface area contributed by atoms with Crippen LogP contribution in [-0.2, 0) is 14.6 Å². The summed E-state index contributed by atoms with van der Waals surface area (Å²) in [4.78, 5) is 14.2. The molecular formula is C15H26N2O3S. The van der Waals surface area contributed by atoms with Gasteiger partial charge in [-0.05, 0) is 38.5 Å². The van der Waals surface area contributed by atoms with Crippen molar-refractivity contribution in [2.75, 3.05) is 24.6 Å². The number of piperidine rings is 1. The zero-order valence-corrected chi connectivity index (χ0v) is 13.4. The molecule has 3 fully saturated rings. The number of hydrogen-bond donors (Lipinski definition) is 1. The molecule has 21 heavy (non-hydrogen) atoms. The van der Waals surface area contributed by atoms with E-state index in [4.69, 9.17) is 0 Å². The van der Waals surface area contributed by atoms with E-state index >= 15 is 0 Å².